The summed E-state index contributed by atoms with van der Waals surface area (Å²) in [6, 6.07) is 3.96. The molecule has 22 heavy (non-hydrogen) atoms. The Hall–Kier alpha value is -1.49. The molecule has 2 rings (SSSR count). The van der Waals surface area contributed by atoms with Crippen LogP contribution in [0.15, 0.2) is 34.1 Å². The number of benzene rings is 1. The third-order valence-corrected chi connectivity index (χ3v) is 7.05. The second-order valence-electron chi connectivity index (χ2n) is 4.77. The van der Waals surface area contributed by atoms with Crippen LogP contribution in [0.25, 0.3) is 0 Å². The number of hydrogen-bond acceptors (Lipinski definition) is 5. The van der Waals surface area contributed by atoms with Gasteiger partial charge in [-0.3, -0.25) is 4.79 Å². The minimum atomic E-state index is -4.22. The highest BCUT2D eigenvalue weighted by Crippen LogP contribution is 2.29. The lowest BCUT2D eigenvalue weighted by Crippen LogP contribution is -2.41. The Bertz CT molecular complexity index is 788. The van der Waals surface area contributed by atoms with Crippen molar-refractivity contribution in [2.75, 3.05) is 13.6 Å². The first-order chi connectivity index (χ1) is 10.2. The van der Waals surface area contributed by atoms with E-state index in [1.54, 1.807) is 0 Å². The van der Waals surface area contributed by atoms with E-state index < -0.39 is 41.8 Å². The van der Waals surface area contributed by atoms with Crippen LogP contribution in [-0.4, -0.2) is 51.9 Å². The number of carboxylic acids is 1. The van der Waals surface area contributed by atoms with Gasteiger partial charge in [0.2, 0.25) is 20.0 Å². The fourth-order valence-electron chi connectivity index (χ4n) is 2.40. The van der Waals surface area contributed by atoms with Crippen molar-refractivity contribution < 1.29 is 26.7 Å². The zero-order valence-corrected chi connectivity index (χ0v) is 13.4. The van der Waals surface area contributed by atoms with E-state index in [1.807, 2.05) is 0 Å². The van der Waals surface area contributed by atoms with Crippen LogP contribution in [0.4, 0.5) is 0 Å². The molecule has 0 amide bonds. The molecule has 1 aliphatic heterocycles. The molecule has 1 aromatic carbocycles. The van der Waals surface area contributed by atoms with Crippen LogP contribution in [-0.2, 0) is 24.8 Å². The fourth-order valence-corrected chi connectivity index (χ4v) is 5.58. The van der Waals surface area contributed by atoms with Gasteiger partial charge in [-0.25, -0.2) is 21.6 Å². The average molecular weight is 348 g/mol. The lowest BCUT2D eigenvalue weighted by atomic mass is 10.2. The van der Waals surface area contributed by atoms with Crippen LogP contribution in [0.5, 0.6) is 0 Å². The molecule has 1 fully saturated rings. The van der Waals surface area contributed by atoms with Gasteiger partial charge in [0.25, 0.3) is 0 Å². The Labute approximate surface area is 128 Å². The van der Waals surface area contributed by atoms with Gasteiger partial charge in [-0.05, 0) is 32.0 Å². The zero-order chi connectivity index (χ0) is 16.5. The molecule has 1 aromatic rings. The molecule has 0 aliphatic carbocycles. The van der Waals surface area contributed by atoms with E-state index >= 15 is 0 Å². The van der Waals surface area contributed by atoms with Gasteiger partial charge >= 0.3 is 5.97 Å². The molecule has 0 spiro atoms. The van der Waals surface area contributed by atoms with Crippen molar-refractivity contribution in [1.82, 2.24) is 9.03 Å². The van der Waals surface area contributed by atoms with Crippen LogP contribution in [0.1, 0.15) is 12.8 Å². The van der Waals surface area contributed by atoms with Crippen LogP contribution >= 0.6 is 0 Å². The van der Waals surface area contributed by atoms with Gasteiger partial charge < -0.3 is 5.11 Å². The summed E-state index contributed by atoms with van der Waals surface area (Å²) in [5, 5.41) is 9.13. The molecular formula is C12H16N2O6S2. The maximum atomic E-state index is 12.7. The molecule has 0 saturated carbocycles. The molecule has 10 heteroatoms. The highest BCUT2D eigenvalue weighted by molar-refractivity contribution is 7.92. The van der Waals surface area contributed by atoms with E-state index in [-0.39, 0.29) is 13.0 Å². The highest BCUT2D eigenvalue weighted by Gasteiger charge is 2.41. The Morgan fingerprint density at radius 3 is 2.36 bits per heavy atom. The molecule has 122 valence electrons. The van der Waals surface area contributed by atoms with E-state index in [4.69, 9.17) is 5.11 Å². The van der Waals surface area contributed by atoms with Gasteiger partial charge in [0.1, 0.15) is 15.8 Å². The average Bonchev–Trinajstić information content (AvgIpc) is 2.97. The number of nitrogens with one attached hydrogen (secondary N) is 1. The lowest BCUT2D eigenvalue weighted by Gasteiger charge is -2.22. The van der Waals surface area contributed by atoms with Crippen molar-refractivity contribution >= 4 is 26.0 Å². The highest BCUT2D eigenvalue weighted by atomic mass is 32.2. The van der Waals surface area contributed by atoms with E-state index in [2.05, 4.69) is 4.72 Å². The number of hydrogen-bond donors (Lipinski definition) is 2. The van der Waals surface area contributed by atoms with Crippen molar-refractivity contribution in [2.24, 2.45) is 0 Å². The van der Waals surface area contributed by atoms with Gasteiger partial charge in [0, 0.05) is 6.54 Å². The summed E-state index contributed by atoms with van der Waals surface area (Å²) in [6.45, 7) is 0.0488. The van der Waals surface area contributed by atoms with Crippen LogP contribution in [0, 0.1) is 0 Å². The number of carbonyl (C=O) groups is 1. The molecule has 2 N–H and O–H groups in total. The third kappa shape index (κ3) is 2.86. The normalized spacial score (nSPS) is 20.1. The third-order valence-electron chi connectivity index (χ3n) is 3.48. The number of rotatable bonds is 5. The van der Waals surface area contributed by atoms with E-state index in [1.165, 1.54) is 25.2 Å². The van der Waals surface area contributed by atoms with Crippen molar-refractivity contribution in [1.29, 1.82) is 0 Å². The number of nitrogens with zero attached hydrogens (tertiary/aromatic N) is 1. The summed E-state index contributed by atoms with van der Waals surface area (Å²) in [5.41, 5.74) is 0. The van der Waals surface area contributed by atoms with Gasteiger partial charge in [-0.15, -0.1) is 0 Å². The largest absolute Gasteiger partial charge is 0.480 e. The summed E-state index contributed by atoms with van der Waals surface area (Å²) >= 11 is 0. The maximum Gasteiger partial charge on any atom is 0.322 e. The Kier molecular flexibility index (Phi) is 4.57. The number of sulfonamides is 2. The van der Waals surface area contributed by atoms with Gasteiger partial charge in [0.05, 0.1) is 0 Å². The van der Waals surface area contributed by atoms with Crippen molar-refractivity contribution in [3.05, 3.63) is 24.3 Å². The minimum absolute atomic E-state index is 0.0488. The molecule has 0 radical (unpaired) electrons. The Balaban J connectivity index is 2.59. The minimum Gasteiger partial charge on any atom is -0.480 e. The topological polar surface area (TPSA) is 121 Å². The second kappa shape index (κ2) is 5.95. The van der Waals surface area contributed by atoms with Crippen molar-refractivity contribution in [3.63, 3.8) is 0 Å². The monoisotopic (exact) mass is 348 g/mol. The van der Waals surface area contributed by atoms with Gasteiger partial charge in [0.15, 0.2) is 0 Å². The number of carboxylic acid groups (broad SMARTS) is 1. The van der Waals surface area contributed by atoms with E-state index in [9.17, 15) is 21.6 Å². The predicted molar refractivity (Wildman–Crippen MR) is 77.2 cm³/mol. The Morgan fingerprint density at radius 1 is 1.23 bits per heavy atom. The fraction of sp³-hybridized carbons (Fsp3) is 0.417. The van der Waals surface area contributed by atoms with Crippen LogP contribution in [0.3, 0.4) is 0 Å². The first kappa shape index (κ1) is 16.9. The van der Waals surface area contributed by atoms with Crippen molar-refractivity contribution in [3.8, 4) is 0 Å². The van der Waals surface area contributed by atoms with E-state index in [0.29, 0.717) is 6.42 Å². The van der Waals surface area contributed by atoms with Gasteiger partial charge in [-0.2, -0.15) is 4.31 Å². The smallest absolute Gasteiger partial charge is 0.322 e. The van der Waals surface area contributed by atoms with Crippen LogP contribution in [0.2, 0.25) is 0 Å². The molecular weight excluding hydrogens is 332 g/mol. The SMILES string of the molecule is CNS(=O)(=O)c1ccccc1S(=O)(=O)N1CCC[C@@H]1C(=O)O. The van der Waals surface area contributed by atoms with Gasteiger partial charge in [-0.1, -0.05) is 12.1 Å². The number of aliphatic carboxylic acids is 1. The molecule has 1 aliphatic rings. The summed E-state index contributed by atoms with van der Waals surface area (Å²) < 4.78 is 52.3. The molecule has 1 saturated heterocycles. The maximum absolute atomic E-state index is 12.7. The molecule has 0 unspecified atom stereocenters. The molecule has 1 heterocycles. The predicted octanol–water partition coefficient (Wildman–Crippen LogP) is -0.168. The van der Waals surface area contributed by atoms with Crippen molar-refractivity contribution in [2.45, 2.75) is 28.7 Å². The lowest BCUT2D eigenvalue weighted by molar-refractivity contribution is -0.140. The summed E-state index contributed by atoms with van der Waals surface area (Å²) in [6.07, 6.45) is 0.618. The first-order valence-electron chi connectivity index (χ1n) is 6.49. The summed E-state index contributed by atoms with van der Waals surface area (Å²) in [4.78, 5) is 10.4. The molecule has 0 aromatic heterocycles. The summed E-state index contributed by atoms with van der Waals surface area (Å²) in [7, 11) is -7.03. The summed E-state index contributed by atoms with van der Waals surface area (Å²) in [5.74, 6) is -1.24. The van der Waals surface area contributed by atoms with E-state index in [0.717, 1.165) is 10.4 Å². The standard InChI is InChI=1S/C12H16N2O6S2/c1-13-21(17,18)10-6-2-3-7-11(10)22(19,20)14-8-4-5-9(14)12(15)16/h2-3,6-7,9,13H,4-5,8H2,1H3,(H,15,16)/t9-/m1/s1. The molecule has 0 bridgehead atoms. The molecule has 1 atom stereocenters. The first-order valence-corrected chi connectivity index (χ1v) is 9.41. The zero-order valence-electron chi connectivity index (χ0n) is 11.8. The van der Waals surface area contributed by atoms with Crippen LogP contribution < -0.4 is 4.72 Å². The quantitative estimate of drug-likeness (QED) is 0.762. The molecule has 8 nitrogen and oxygen atoms in total. The second-order valence-corrected chi connectivity index (χ2v) is 8.48. The Morgan fingerprint density at radius 2 is 1.82 bits per heavy atom.